The zero-order valence-corrected chi connectivity index (χ0v) is 15.3. The number of ether oxygens (including phenoxy) is 2. The molecular weight excluding hydrogens is 332 g/mol. The fourth-order valence-electron chi connectivity index (χ4n) is 2.10. The molecule has 0 radical (unpaired) electrons. The van der Waals surface area contributed by atoms with Gasteiger partial charge in [-0.25, -0.2) is 0 Å². The van der Waals surface area contributed by atoms with Crippen molar-refractivity contribution in [3.8, 4) is 11.5 Å². The third-order valence-electron chi connectivity index (χ3n) is 3.68. The van der Waals surface area contributed by atoms with Gasteiger partial charge in [-0.3, -0.25) is 9.59 Å². The molecule has 26 heavy (non-hydrogen) atoms. The van der Waals surface area contributed by atoms with Crippen LogP contribution in [0.2, 0.25) is 0 Å². The molecule has 2 rings (SSSR count). The molecule has 6 nitrogen and oxygen atoms in total. The zero-order valence-electron chi connectivity index (χ0n) is 15.3. The summed E-state index contributed by atoms with van der Waals surface area (Å²) in [4.78, 5) is 24.9. The standard InChI is InChI=1S/C20H24N2O4/c1-15-6-4-5-7-18(15)25-13-12-19(23)21-16-8-10-17(11-9-16)26-14-20(24)22(2)3/h4-11H,12-14H2,1-3H3,(H,21,23). The second-order valence-corrected chi connectivity index (χ2v) is 6.01. The number of nitrogens with zero attached hydrogens (tertiary/aromatic N) is 1. The molecule has 2 amide bonds. The fraction of sp³-hybridized carbons (Fsp3) is 0.300. The molecule has 0 aromatic heterocycles. The Morgan fingerprint density at radius 1 is 1.00 bits per heavy atom. The van der Waals surface area contributed by atoms with Crippen LogP contribution in [0.25, 0.3) is 0 Å². The topological polar surface area (TPSA) is 67.9 Å². The summed E-state index contributed by atoms with van der Waals surface area (Å²) in [5, 5.41) is 2.80. The highest BCUT2D eigenvalue weighted by atomic mass is 16.5. The van der Waals surface area contributed by atoms with Gasteiger partial charge in [0.15, 0.2) is 6.61 Å². The Labute approximate surface area is 153 Å². The molecule has 0 unspecified atom stereocenters. The molecule has 0 saturated heterocycles. The Morgan fingerprint density at radius 2 is 1.69 bits per heavy atom. The van der Waals surface area contributed by atoms with E-state index >= 15 is 0 Å². The lowest BCUT2D eigenvalue weighted by Gasteiger charge is -2.12. The van der Waals surface area contributed by atoms with Crippen molar-refractivity contribution in [2.24, 2.45) is 0 Å². The number of hydrogen-bond acceptors (Lipinski definition) is 4. The second-order valence-electron chi connectivity index (χ2n) is 6.01. The van der Waals surface area contributed by atoms with Crippen molar-refractivity contribution in [1.29, 1.82) is 0 Å². The van der Waals surface area contributed by atoms with Crippen LogP contribution in [0.4, 0.5) is 5.69 Å². The van der Waals surface area contributed by atoms with E-state index in [2.05, 4.69) is 5.32 Å². The van der Waals surface area contributed by atoms with Crippen LogP contribution in [0.1, 0.15) is 12.0 Å². The maximum absolute atomic E-state index is 12.0. The molecule has 1 N–H and O–H groups in total. The number of likely N-dealkylation sites (N-methyl/N-ethyl adjacent to an activating group) is 1. The third kappa shape index (κ3) is 6.12. The van der Waals surface area contributed by atoms with Crippen molar-refractivity contribution >= 4 is 17.5 Å². The van der Waals surface area contributed by atoms with E-state index in [9.17, 15) is 9.59 Å². The van der Waals surface area contributed by atoms with E-state index in [4.69, 9.17) is 9.47 Å². The maximum Gasteiger partial charge on any atom is 0.259 e. The Morgan fingerprint density at radius 3 is 2.35 bits per heavy atom. The van der Waals surface area contributed by atoms with E-state index in [-0.39, 0.29) is 24.8 Å². The molecule has 2 aromatic carbocycles. The SMILES string of the molecule is Cc1ccccc1OCCC(=O)Nc1ccc(OCC(=O)N(C)C)cc1. The predicted octanol–water partition coefficient (Wildman–Crippen LogP) is 2.87. The molecule has 0 aliphatic rings. The minimum absolute atomic E-state index is 0.0189. The molecule has 0 heterocycles. The number of amides is 2. The number of hydrogen-bond donors (Lipinski definition) is 1. The van der Waals surface area contributed by atoms with Crippen LogP contribution < -0.4 is 14.8 Å². The fourth-order valence-corrected chi connectivity index (χ4v) is 2.10. The number of carbonyl (C=O) groups excluding carboxylic acids is 2. The summed E-state index contributed by atoms with van der Waals surface area (Å²) in [7, 11) is 3.35. The highest BCUT2D eigenvalue weighted by Gasteiger charge is 2.06. The van der Waals surface area contributed by atoms with Gasteiger partial charge in [0.1, 0.15) is 11.5 Å². The average Bonchev–Trinajstić information content (AvgIpc) is 2.62. The van der Waals surface area contributed by atoms with Crippen molar-refractivity contribution in [2.75, 3.05) is 32.6 Å². The molecule has 0 saturated carbocycles. The number of para-hydroxylation sites is 1. The number of anilines is 1. The Hall–Kier alpha value is -3.02. The summed E-state index contributed by atoms with van der Waals surface area (Å²) in [6.45, 7) is 2.25. The Bertz CT molecular complexity index is 742. The zero-order chi connectivity index (χ0) is 18.9. The lowest BCUT2D eigenvalue weighted by Crippen LogP contribution is -2.27. The molecule has 0 spiro atoms. The first kappa shape index (κ1) is 19.3. The van der Waals surface area contributed by atoms with Crippen LogP contribution in [0, 0.1) is 6.92 Å². The van der Waals surface area contributed by atoms with E-state index in [1.54, 1.807) is 38.4 Å². The molecular formula is C20H24N2O4. The molecule has 2 aromatic rings. The second kappa shape index (κ2) is 9.46. The molecule has 6 heteroatoms. The van der Waals surface area contributed by atoms with Crippen molar-refractivity contribution in [1.82, 2.24) is 4.90 Å². The van der Waals surface area contributed by atoms with Gasteiger partial charge in [-0.1, -0.05) is 18.2 Å². The summed E-state index contributed by atoms with van der Waals surface area (Å²) in [6, 6.07) is 14.6. The van der Waals surface area contributed by atoms with Gasteiger partial charge in [0, 0.05) is 19.8 Å². The molecule has 0 aliphatic heterocycles. The van der Waals surface area contributed by atoms with Crippen LogP contribution in [0.3, 0.4) is 0 Å². The molecule has 138 valence electrons. The first-order valence-electron chi connectivity index (χ1n) is 8.37. The predicted molar refractivity (Wildman–Crippen MR) is 101 cm³/mol. The average molecular weight is 356 g/mol. The minimum Gasteiger partial charge on any atom is -0.493 e. The van der Waals surface area contributed by atoms with E-state index in [1.165, 1.54) is 4.90 Å². The maximum atomic E-state index is 12.0. The van der Waals surface area contributed by atoms with E-state index in [0.717, 1.165) is 11.3 Å². The van der Waals surface area contributed by atoms with E-state index in [1.807, 2.05) is 31.2 Å². The summed E-state index contributed by atoms with van der Waals surface area (Å²) >= 11 is 0. The molecule has 0 aliphatic carbocycles. The van der Waals surface area contributed by atoms with Gasteiger partial charge in [-0.05, 0) is 42.8 Å². The number of carbonyl (C=O) groups is 2. The van der Waals surface area contributed by atoms with Crippen LogP contribution in [-0.2, 0) is 9.59 Å². The van der Waals surface area contributed by atoms with Crippen molar-refractivity contribution in [3.63, 3.8) is 0 Å². The first-order valence-corrected chi connectivity index (χ1v) is 8.37. The van der Waals surface area contributed by atoms with Crippen LogP contribution in [0.5, 0.6) is 11.5 Å². The van der Waals surface area contributed by atoms with Crippen molar-refractivity contribution in [3.05, 3.63) is 54.1 Å². The van der Waals surface area contributed by atoms with E-state index < -0.39 is 0 Å². The third-order valence-corrected chi connectivity index (χ3v) is 3.68. The number of rotatable bonds is 8. The number of benzene rings is 2. The van der Waals surface area contributed by atoms with Gasteiger partial charge in [0.05, 0.1) is 13.0 Å². The molecule has 0 bridgehead atoms. The summed E-state index contributed by atoms with van der Waals surface area (Å²) in [5.74, 6) is 1.11. The monoisotopic (exact) mass is 356 g/mol. The largest absolute Gasteiger partial charge is 0.493 e. The first-order chi connectivity index (χ1) is 12.5. The van der Waals surface area contributed by atoms with Crippen molar-refractivity contribution < 1.29 is 19.1 Å². The van der Waals surface area contributed by atoms with Crippen molar-refractivity contribution in [2.45, 2.75) is 13.3 Å². The lowest BCUT2D eigenvalue weighted by atomic mass is 10.2. The van der Waals surface area contributed by atoms with Gasteiger partial charge in [0.2, 0.25) is 5.91 Å². The van der Waals surface area contributed by atoms with Gasteiger partial charge in [-0.15, -0.1) is 0 Å². The van der Waals surface area contributed by atoms with Gasteiger partial charge < -0.3 is 19.7 Å². The van der Waals surface area contributed by atoms with Gasteiger partial charge in [-0.2, -0.15) is 0 Å². The summed E-state index contributed by atoms with van der Waals surface area (Å²) < 4.78 is 11.0. The lowest BCUT2D eigenvalue weighted by molar-refractivity contribution is -0.130. The number of nitrogens with one attached hydrogen (secondary N) is 1. The Kier molecular flexibility index (Phi) is 7.02. The van der Waals surface area contributed by atoms with E-state index in [0.29, 0.717) is 18.0 Å². The van der Waals surface area contributed by atoms with Crippen LogP contribution in [-0.4, -0.2) is 44.0 Å². The highest BCUT2D eigenvalue weighted by molar-refractivity contribution is 5.90. The summed E-state index contributed by atoms with van der Waals surface area (Å²) in [6.07, 6.45) is 0.254. The van der Waals surface area contributed by atoms with Gasteiger partial charge >= 0.3 is 0 Å². The van der Waals surface area contributed by atoms with Gasteiger partial charge in [0.25, 0.3) is 5.91 Å². The summed E-state index contributed by atoms with van der Waals surface area (Å²) in [5.41, 5.74) is 1.70. The molecule has 0 atom stereocenters. The normalized spacial score (nSPS) is 10.1. The Balaban J connectivity index is 1.75. The highest BCUT2D eigenvalue weighted by Crippen LogP contribution is 2.17. The number of aryl methyl sites for hydroxylation is 1. The van der Waals surface area contributed by atoms with Crippen LogP contribution >= 0.6 is 0 Å². The van der Waals surface area contributed by atoms with Crippen LogP contribution in [0.15, 0.2) is 48.5 Å². The molecule has 0 fully saturated rings. The smallest absolute Gasteiger partial charge is 0.259 e. The quantitative estimate of drug-likeness (QED) is 0.790. The minimum atomic E-state index is -0.130.